The number of benzene rings is 2. The van der Waals surface area contributed by atoms with Crippen LogP contribution in [0.4, 0.5) is 0 Å². The van der Waals surface area contributed by atoms with Crippen molar-refractivity contribution in [2.75, 3.05) is 26.3 Å². The molecule has 0 saturated carbocycles. The summed E-state index contributed by atoms with van der Waals surface area (Å²) >= 11 is 5.65. The molecule has 1 aliphatic heterocycles. The molecule has 126 valence electrons. The smallest absolute Gasteiger partial charge is 0.169 e. The SMILES string of the molecule is Cc1cccc(CC(NC(=S)N2CCOCC2)c2ccccc2)c1. The number of morpholine rings is 1. The van der Waals surface area contributed by atoms with Gasteiger partial charge in [-0.3, -0.25) is 0 Å². The van der Waals surface area contributed by atoms with E-state index in [0.717, 1.165) is 37.8 Å². The van der Waals surface area contributed by atoms with Gasteiger partial charge in [-0.1, -0.05) is 60.2 Å². The second-order valence-corrected chi connectivity index (χ2v) is 6.59. The van der Waals surface area contributed by atoms with Gasteiger partial charge in [-0.15, -0.1) is 0 Å². The Bertz CT molecular complexity index is 668. The predicted molar refractivity (Wildman–Crippen MR) is 102 cm³/mol. The summed E-state index contributed by atoms with van der Waals surface area (Å²) < 4.78 is 5.42. The average molecular weight is 340 g/mol. The normalized spacial score (nSPS) is 15.8. The lowest BCUT2D eigenvalue weighted by Gasteiger charge is -2.32. The van der Waals surface area contributed by atoms with Crippen LogP contribution in [-0.4, -0.2) is 36.3 Å². The molecule has 0 aliphatic carbocycles. The molecular formula is C20H24N2OS. The van der Waals surface area contributed by atoms with Gasteiger partial charge in [0, 0.05) is 13.1 Å². The van der Waals surface area contributed by atoms with E-state index < -0.39 is 0 Å². The Kier molecular flexibility index (Phi) is 5.83. The highest BCUT2D eigenvalue weighted by molar-refractivity contribution is 7.80. The van der Waals surface area contributed by atoms with Crippen LogP contribution in [0.5, 0.6) is 0 Å². The lowest BCUT2D eigenvalue weighted by Crippen LogP contribution is -2.47. The van der Waals surface area contributed by atoms with E-state index in [1.165, 1.54) is 16.7 Å². The van der Waals surface area contributed by atoms with E-state index in [-0.39, 0.29) is 6.04 Å². The number of nitrogens with zero attached hydrogens (tertiary/aromatic N) is 1. The van der Waals surface area contributed by atoms with Gasteiger partial charge in [0.05, 0.1) is 19.3 Å². The molecule has 1 fully saturated rings. The number of ether oxygens (including phenoxy) is 1. The van der Waals surface area contributed by atoms with Crippen LogP contribution < -0.4 is 5.32 Å². The first-order valence-corrected chi connectivity index (χ1v) is 8.87. The Labute approximate surface area is 149 Å². The molecule has 0 amide bonds. The molecule has 0 bridgehead atoms. The third-order valence-electron chi connectivity index (χ3n) is 4.32. The fourth-order valence-corrected chi connectivity index (χ4v) is 3.34. The first-order valence-electron chi connectivity index (χ1n) is 8.46. The van der Waals surface area contributed by atoms with Crippen molar-refractivity contribution in [2.24, 2.45) is 0 Å². The van der Waals surface area contributed by atoms with Gasteiger partial charge in [-0.25, -0.2) is 0 Å². The number of hydrogen-bond acceptors (Lipinski definition) is 2. The van der Waals surface area contributed by atoms with Crippen LogP contribution in [0, 0.1) is 6.92 Å². The number of nitrogens with one attached hydrogen (secondary N) is 1. The average Bonchev–Trinajstić information content (AvgIpc) is 2.63. The summed E-state index contributed by atoms with van der Waals surface area (Å²) in [5, 5.41) is 4.39. The minimum absolute atomic E-state index is 0.170. The van der Waals surface area contributed by atoms with E-state index in [2.05, 4.69) is 65.7 Å². The monoisotopic (exact) mass is 340 g/mol. The first-order chi connectivity index (χ1) is 11.7. The van der Waals surface area contributed by atoms with E-state index in [4.69, 9.17) is 17.0 Å². The van der Waals surface area contributed by atoms with Crippen LogP contribution in [0.1, 0.15) is 22.7 Å². The summed E-state index contributed by atoms with van der Waals surface area (Å²) in [5.74, 6) is 0. The molecule has 1 saturated heterocycles. The van der Waals surface area contributed by atoms with E-state index in [0.29, 0.717) is 0 Å². The Morgan fingerprint density at radius 3 is 2.58 bits per heavy atom. The fourth-order valence-electron chi connectivity index (χ4n) is 3.02. The van der Waals surface area contributed by atoms with Gasteiger partial charge in [0.1, 0.15) is 0 Å². The van der Waals surface area contributed by atoms with Crippen molar-refractivity contribution in [3.8, 4) is 0 Å². The third kappa shape index (κ3) is 4.56. The lowest BCUT2D eigenvalue weighted by atomic mass is 9.98. The lowest BCUT2D eigenvalue weighted by molar-refractivity contribution is 0.0674. The zero-order valence-corrected chi connectivity index (χ0v) is 14.9. The molecule has 24 heavy (non-hydrogen) atoms. The summed E-state index contributed by atoms with van der Waals surface area (Å²) in [7, 11) is 0. The number of thiocarbonyl (C=S) groups is 1. The second kappa shape index (κ2) is 8.27. The van der Waals surface area contributed by atoms with Crippen LogP contribution in [0.15, 0.2) is 54.6 Å². The molecule has 3 rings (SSSR count). The van der Waals surface area contributed by atoms with Crippen LogP contribution in [0.2, 0.25) is 0 Å². The van der Waals surface area contributed by atoms with Gasteiger partial charge in [-0.05, 0) is 36.7 Å². The maximum absolute atomic E-state index is 5.65. The van der Waals surface area contributed by atoms with Gasteiger partial charge in [0.25, 0.3) is 0 Å². The zero-order chi connectivity index (χ0) is 16.8. The highest BCUT2D eigenvalue weighted by Gasteiger charge is 2.18. The van der Waals surface area contributed by atoms with Gasteiger partial charge in [0.2, 0.25) is 0 Å². The molecule has 3 nitrogen and oxygen atoms in total. The minimum atomic E-state index is 0.170. The van der Waals surface area contributed by atoms with Crippen molar-refractivity contribution in [1.29, 1.82) is 0 Å². The van der Waals surface area contributed by atoms with Crippen molar-refractivity contribution in [1.82, 2.24) is 10.2 Å². The Balaban J connectivity index is 1.76. The Morgan fingerprint density at radius 1 is 1.12 bits per heavy atom. The number of aryl methyl sites for hydroxylation is 1. The quantitative estimate of drug-likeness (QED) is 0.861. The van der Waals surface area contributed by atoms with Crippen LogP contribution >= 0.6 is 12.2 Å². The van der Waals surface area contributed by atoms with E-state index >= 15 is 0 Å². The molecule has 0 spiro atoms. The summed E-state index contributed by atoms with van der Waals surface area (Å²) in [5.41, 5.74) is 3.87. The van der Waals surface area contributed by atoms with E-state index in [1.54, 1.807) is 0 Å². The number of rotatable bonds is 4. The molecule has 0 aromatic heterocycles. The van der Waals surface area contributed by atoms with Crippen molar-refractivity contribution in [3.63, 3.8) is 0 Å². The minimum Gasteiger partial charge on any atom is -0.378 e. The molecule has 1 unspecified atom stereocenters. The van der Waals surface area contributed by atoms with Gasteiger partial charge >= 0.3 is 0 Å². The predicted octanol–water partition coefficient (Wildman–Crippen LogP) is 3.49. The maximum Gasteiger partial charge on any atom is 0.169 e. The maximum atomic E-state index is 5.65. The highest BCUT2D eigenvalue weighted by Crippen LogP contribution is 2.20. The molecule has 1 atom stereocenters. The standard InChI is InChI=1S/C20H24N2OS/c1-16-6-5-7-17(14-16)15-19(18-8-3-2-4-9-18)21-20(24)22-10-12-23-13-11-22/h2-9,14,19H,10-13,15H2,1H3,(H,21,24). The Morgan fingerprint density at radius 2 is 1.88 bits per heavy atom. The molecule has 0 radical (unpaired) electrons. The van der Waals surface area contributed by atoms with Gasteiger partial charge in [0.15, 0.2) is 5.11 Å². The number of hydrogen-bond donors (Lipinski definition) is 1. The van der Waals surface area contributed by atoms with Crippen molar-refractivity contribution < 1.29 is 4.74 Å². The van der Waals surface area contributed by atoms with Crippen LogP contribution in [-0.2, 0) is 11.2 Å². The first kappa shape index (κ1) is 16.9. The van der Waals surface area contributed by atoms with Crippen LogP contribution in [0.3, 0.4) is 0 Å². The zero-order valence-electron chi connectivity index (χ0n) is 14.1. The summed E-state index contributed by atoms with van der Waals surface area (Å²) in [6.45, 7) is 5.34. The van der Waals surface area contributed by atoms with Crippen LogP contribution in [0.25, 0.3) is 0 Å². The van der Waals surface area contributed by atoms with Gasteiger partial charge in [-0.2, -0.15) is 0 Å². The third-order valence-corrected chi connectivity index (χ3v) is 4.70. The van der Waals surface area contributed by atoms with Crippen molar-refractivity contribution in [2.45, 2.75) is 19.4 Å². The van der Waals surface area contributed by atoms with Gasteiger partial charge < -0.3 is 15.0 Å². The highest BCUT2D eigenvalue weighted by atomic mass is 32.1. The second-order valence-electron chi connectivity index (χ2n) is 6.21. The topological polar surface area (TPSA) is 24.5 Å². The van der Waals surface area contributed by atoms with E-state index in [1.807, 2.05) is 6.07 Å². The molecule has 2 aromatic carbocycles. The Hall–Kier alpha value is -1.91. The molecule has 4 heteroatoms. The van der Waals surface area contributed by atoms with E-state index in [9.17, 15) is 0 Å². The molecule has 1 heterocycles. The van der Waals surface area contributed by atoms with Crippen molar-refractivity contribution in [3.05, 3.63) is 71.3 Å². The van der Waals surface area contributed by atoms with Crippen molar-refractivity contribution >= 4 is 17.3 Å². The summed E-state index contributed by atoms with van der Waals surface area (Å²) in [4.78, 5) is 2.20. The molecule has 1 aliphatic rings. The largest absolute Gasteiger partial charge is 0.378 e. The molecule has 2 aromatic rings. The summed E-state index contributed by atoms with van der Waals surface area (Å²) in [6, 6.07) is 19.4. The fraction of sp³-hybridized carbons (Fsp3) is 0.350. The summed E-state index contributed by atoms with van der Waals surface area (Å²) in [6.07, 6.45) is 0.913. The molecular weight excluding hydrogens is 316 g/mol. The molecule has 1 N–H and O–H groups in total.